The van der Waals surface area contributed by atoms with Crippen LogP contribution in [0.2, 0.25) is 0 Å². The minimum atomic E-state index is -0.916. The number of ether oxygens (including phenoxy) is 2. The van der Waals surface area contributed by atoms with Gasteiger partial charge in [-0.15, -0.1) is 5.10 Å². The summed E-state index contributed by atoms with van der Waals surface area (Å²) in [4.78, 5) is 24.3. The first kappa shape index (κ1) is 30.4. The first-order chi connectivity index (χ1) is 20.8. The van der Waals surface area contributed by atoms with Crippen LogP contribution in [0.4, 0.5) is 0 Å². The molecule has 1 aliphatic heterocycles. The van der Waals surface area contributed by atoms with Crippen LogP contribution in [-0.2, 0) is 40.4 Å². The molecule has 1 unspecified atom stereocenters. The Labute approximate surface area is 252 Å². The predicted molar refractivity (Wildman–Crippen MR) is 164 cm³/mol. The number of carboxylic acid groups (broad SMARTS) is 1. The van der Waals surface area contributed by atoms with E-state index in [0.717, 1.165) is 70.3 Å². The Bertz CT molecular complexity index is 1640. The van der Waals surface area contributed by atoms with Gasteiger partial charge >= 0.3 is 11.9 Å². The van der Waals surface area contributed by atoms with Gasteiger partial charge in [0.15, 0.2) is 0 Å². The van der Waals surface area contributed by atoms with E-state index in [1.807, 2.05) is 43.7 Å². The summed E-state index contributed by atoms with van der Waals surface area (Å²) in [5, 5.41) is 21.9. The molecule has 0 radical (unpaired) electrons. The van der Waals surface area contributed by atoms with Crippen molar-refractivity contribution in [1.29, 1.82) is 0 Å². The standard InChI is InChI=1S/C34H40N4O5/c1-5-43-31(39)18-29(25-10-9-24-13-14-35-19-27(24)17-25)28-11-12-30-33(23(28)4)36-37-38(30)15-6-16-42-20-26-8-7-21(2)32(22(26)3)34(40)41/h7-12,17,29,35H,5-6,13-16,18-20H2,1-4H3,(H,40,41). The van der Waals surface area contributed by atoms with Crippen LogP contribution in [0.3, 0.4) is 0 Å². The highest BCUT2D eigenvalue weighted by atomic mass is 16.5. The molecule has 4 aromatic rings. The molecule has 2 heterocycles. The van der Waals surface area contributed by atoms with Gasteiger partial charge in [-0.3, -0.25) is 4.79 Å². The van der Waals surface area contributed by atoms with Gasteiger partial charge in [0, 0.05) is 25.6 Å². The van der Waals surface area contributed by atoms with Crippen molar-refractivity contribution in [2.45, 2.75) is 72.6 Å². The van der Waals surface area contributed by atoms with E-state index in [1.165, 1.54) is 11.1 Å². The van der Waals surface area contributed by atoms with E-state index in [9.17, 15) is 14.7 Å². The van der Waals surface area contributed by atoms with Crippen LogP contribution in [0.5, 0.6) is 0 Å². The van der Waals surface area contributed by atoms with Crippen molar-refractivity contribution < 1.29 is 24.2 Å². The Kier molecular flexibility index (Phi) is 9.52. The monoisotopic (exact) mass is 584 g/mol. The number of nitrogens with one attached hydrogen (secondary N) is 1. The van der Waals surface area contributed by atoms with E-state index in [0.29, 0.717) is 31.9 Å². The molecule has 1 aromatic heterocycles. The fourth-order valence-corrected chi connectivity index (χ4v) is 6.11. The lowest BCUT2D eigenvalue weighted by molar-refractivity contribution is -0.143. The quantitative estimate of drug-likeness (QED) is 0.168. The average Bonchev–Trinajstić information content (AvgIpc) is 3.41. The number of fused-ring (bicyclic) bond motifs is 2. The maximum Gasteiger partial charge on any atom is 0.336 e. The third-order valence-electron chi connectivity index (χ3n) is 8.47. The number of hydrogen-bond donors (Lipinski definition) is 2. The van der Waals surface area contributed by atoms with Crippen molar-refractivity contribution >= 4 is 23.0 Å². The smallest absolute Gasteiger partial charge is 0.336 e. The number of esters is 1. The number of hydrogen-bond acceptors (Lipinski definition) is 7. The number of rotatable bonds is 12. The highest BCUT2D eigenvalue weighted by Gasteiger charge is 2.24. The summed E-state index contributed by atoms with van der Waals surface area (Å²) in [6.45, 7) is 11.2. The zero-order chi connectivity index (χ0) is 30.5. The average molecular weight is 585 g/mol. The molecule has 1 aliphatic rings. The number of aryl methyl sites for hydroxylation is 3. The molecule has 9 heteroatoms. The lowest BCUT2D eigenvalue weighted by atomic mass is 9.83. The number of aromatic nitrogens is 3. The molecule has 0 fully saturated rings. The number of benzene rings is 3. The third kappa shape index (κ3) is 6.63. The molecular formula is C34H40N4O5. The minimum Gasteiger partial charge on any atom is -0.478 e. The maximum absolute atomic E-state index is 12.7. The molecule has 0 spiro atoms. The molecule has 0 aliphatic carbocycles. The van der Waals surface area contributed by atoms with E-state index in [-0.39, 0.29) is 18.3 Å². The molecule has 9 nitrogen and oxygen atoms in total. The highest BCUT2D eigenvalue weighted by molar-refractivity contribution is 5.91. The molecule has 43 heavy (non-hydrogen) atoms. The summed E-state index contributed by atoms with van der Waals surface area (Å²) in [5.74, 6) is -1.28. The first-order valence-electron chi connectivity index (χ1n) is 15.0. The van der Waals surface area contributed by atoms with Crippen LogP contribution >= 0.6 is 0 Å². The Balaban J connectivity index is 1.30. The topological polar surface area (TPSA) is 116 Å². The second-order valence-corrected chi connectivity index (χ2v) is 11.2. The molecule has 226 valence electrons. The highest BCUT2D eigenvalue weighted by Crippen LogP contribution is 2.35. The first-order valence-corrected chi connectivity index (χ1v) is 15.0. The van der Waals surface area contributed by atoms with E-state index in [2.05, 4.69) is 39.9 Å². The molecule has 0 amide bonds. The van der Waals surface area contributed by atoms with E-state index >= 15 is 0 Å². The van der Waals surface area contributed by atoms with Gasteiger partial charge in [-0.05, 0) is 97.7 Å². The van der Waals surface area contributed by atoms with Gasteiger partial charge in [-0.1, -0.05) is 41.6 Å². The molecule has 0 bridgehead atoms. The summed E-state index contributed by atoms with van der Waals surface area (Å²) in [7, 11) is 0. The lowest BCUT2D eigenvalue weighted by Crippen LogP contribution is -2.24. The number of carboxylic acids is 1. The van der Waals surface area contributed by atoms with E-state index < -0.39 is 5.97 Å². The second kappa shape index (κ2) is 13.5. The van der Waals surface area contributed by atoms with E-state index in [4.69, 9.17) is 9.47 Å². The van der Waals surface area contributed by atoms with Crippen LogP contribution in [-0.4, -0.2) is 51.8 Å². The molecule has 0 saturated carbocycles. The van der Waals surface area contributed by atoms with Gasteiger partial charge in [-0.25, -0.2) is 9.48 Å². The summed E-state index contributed by atoms with van der Waals surface area (Å²) in [5.41, 5.74) is 10.3. The van der Waals surface area contributed by atoms with Crippen LogP contribution < -0.4 is 5.32 Å². The summed E-state index contributed by atoms with van der Waals surface area (Å²) >= 11 is 0. The van der Waals surface area contributed by atoms with Gasteiger partial charge < -0.3 is 19.9 Å². The minimum absolute atomic E-state index is 0.152. The van der Waals surface area contributed by atoms with Crippen molar-refractivity contribution in [3.8, 4) is 0 Å². The van der Waals surface area contributed by atoms with Crippen molar-refractivity contribution in [2.24, 2.45) is 0 Å². The number of aromatic carboxylic acids is 1. The maximum atomic E-state index is 12.7. The Hall–Kier alpha value is -4.08. The third-order valence-corrected chi connectivity index (χ3v) is 8.47. The largest absolute Gasteiger partial charge is 0.478 e. The molecule has 3 aromatic carbocycles. The van der Waals surface area contributed by atoms with Gasteiger partial charge in [0.25, 0.3) is 0 Å². The van der Waals surface area contributed by atoms with Gasteiger partial charge in [0.1, 0.15) is 5.52 Å². The second-order valence-electron chi connectivity index (χ2n) is 11.2. The van der Waals surface area contributed by atoms with E-state index in [1.54, 1.807) is 6.92 Å². The lowest BCUT2D eigenvalue weighted by Gasteiger charge is -2.23. The zero-order valence-electron chi connectivity index (χ0n) is 25.4. The molecule has 2 N–H and O–H groups in total. The van der Waals surface area contributed by atoms with Crippen molar-refractivity contribution in [1.82, 2.24) is 20.3 Å². The van der Waals surface area contributed by atoms with Crippen LogP contribution in [0.15, 0.2) is 42.5 Å². The van der Waals surface area contributed by atoms with Gasteiger partial charge in [0.2, 0.25) is 0 Å². The summed E-state index contributed by atoms with van der Waals surface area (Å²) in [6.07, 6.45) is 1.99. The van der Waals surface area contributed by atoms with Crippen molar-refractivity contribution in [2.75, 3.05) is 19.8 Å². The summed E-state index contributed by atoms with van der Waals surface area (Å²) in [6, 6.07) is 14.5. The van der Waals surface area contributed by atoms with Crippen LogP contribution in [0, 0.1) is 20.8 Å². The van der Waals surface area contributed by atoms with Crippen molar-refractivity contribution in [3.05, 3.63) is 92.5 Å². The van der Waals surface area contributed by atoms with Crippen LogP contribution in [0.1, 0.15) is 80.5 Å². The normalized spacial score (nSPS) is 13.6. The fourth-order valence-electron chi connectivity index (χ4n) is 6.11. The fraction of sp³-hybridized carbons (Fsp3) is 0.412. The molecular weight excluding hydrogens is 544 g/mol. The van der Waals surface area contributed by atoms with Gasteiger partial charge in [0.05, 0.1) is 30.7 Å². The number of carbonyl (C=O) groups is 2. The molecule has 0 saturated heterocycles. The molecule has 1 atom stereocenters. The Morgan fingerprint density at radius 2 is 1.91 bits per heavy atom. The van der Waals surface area contributed by atoms with Gasteiger partial charge in [-0.2, -0.15) is 0 Å². The molecule has 5 rings (SSSR count). The summed E-state index contributed by atoms with van der Waals surface area (Å²) < 4.78 is 13.1. The Morgan fingerprint density at radius 1 is 1.07 bits per heavy atom. The predicted octanol–water partition coefficient (Wildman–Crippen LogP) is 5.39. The van der Waals surface area contributed by atoms with Crippen molar-refractivity contribution in [3.63, 3.8) is 0 Å². The SMILES string of the molecule is CCOC(=O)CC(c1ccc2c(c1)CNCC2)c1ccc2c(nnn2CCCOCc2ccc(C)c(C(=O)O)c2C)c1C. The zero-order valence-corrected chi connectivity index (χ0v) is 25.4. The number of nitrogens with zero attached hydrogens (tertiary/aromatic N) is 3. The number of carbonyl (C=O) groups excluding carboxylic acids is 1. The van der Waals surface area contributed by atoms with Crippen LogP contribution in [0.25, 0.3) is 11.0 Å². The Morgan fingerprint density at radius 3 is 2.70 bits per heavy atom.